The zero-order valence-corrected chi connectivity index (χ0v) is 13.3. The van der Waals surface area contributed by atoms with E-state index in [1.54, 1.807) is 40.8 Å². The number of unbranched alkanes of at least 4 members (excludes halogenated alkanes) is 1. The normalized spacial score (nSPS) is 11.1. The Kier molecular flexibility index (Phi) is 4.44. The Balaban J connectivity index is 1.73. The second-order valence-electron chi connectivity index (χ2n) is 4.07. The molecule has 0 aromatic carbocycles. The lowest BCUT2D eigenvalue weighted by Crippen LogP contribution is -1.99. The highest BCUT2D eigenvalue weighted by molar-refractivity contribution is 8.01. The molecule has 8 heteroatoms. The molecule has 0 aliphatic rings. The number of fused-ring (bicyclic) bond motifs is 1. The highest BCUT2D eigenvalue weighted by Crippen LogP contribution is 2.35. The Morgan fingerprint density at radius 1 is 1.30 bits per heavy atom. The number of nitrogens with one attached hydrogen (secondary N) is 1. The van der Waals surface area contributed by atoms with Crippen molar-refractivity contribution in [2.45, 2.75) is 29.1 Å². The number of thiophene rings is 1. The van der Waals surface area contributed by atoms with Gasteiger partial charge in [-0.1, -0.05) is 24.7 Å². The molecule has 1 N–H and O–H groups in total. The molecule has 0 saturated heterocycles. The summed E-state index contributed by atoms with van der Waals surface area (Å²) >= 11 is 4.73. The Bertz CT molecular complexity index is 693. The summed E-state index contributed by atoms with van der Waals surface area (Å²) in [5.74, 6) is 0. The van der Waals surface area contributed by atoms with Crippen LogP contribution in [0, 0.1) is 0 Å². The number of aromatic nitrogens is 4. The topological polar surface area (TPSA) is 63.6 Å². The molecule has 0 fully saturated rings. The molecule has 0 saturated carbocycles. The Morgan fingerprint density at radius 3 is 3.15 bits per heavy atom. The van der Waals surface area contributed by atoms with Crippen molar-refractivity contribution in [3.05, 3.63) is 17.8 Å². The van der Waals surface area contributed by atoms with E-state index in [1.807, 2.05) is 11.4 Å². The van der Waals surface area contributed by atoms with Crippen LogP contribution in [0.25, 0.3) is 10.2 Å². The van der Waals surface area contributed by atoms with Crippen LogP contribution < -0.4 is 5.32 Å². The summed E-state index contributed by atoms with van der Waals surface area (Å²) < 4.78 is 0.898. The third kappa shape index (κ3) is 3.08. The Labute approximate surface area is 128 Å². The van der Waals surface area contributed by atoms with E-state index in [4.69, 9.17) is 0 Å². The Hall–Kier alpha value is -1.25. The fourth-order valence-electron chi connectivity index (χ4n) is 1.63. The number of hydrogen-bond donors (Lipinski definition) is 1. The van der Waals surface area contributed by atoms with Gasteiger partial charge in [0.05, 0.1) is 0 Å². The van der Waals surface area contributed by atoms with E-state index in [-0.39, 0.29) is 0 Å². The van der Waals surface area contributed by atoms with E-state index in [0.29, 0.717) is 0 Å². The minimum absolute atomic E-state index is 0.872. The van der Waals surface area contributed by atoms with Crippen molar-refractivity contribution in [3.8, 4) is 0 Å². The van der Waals surface area contributed by atoms with E-state index < -0.39 is 0 Å². The second kappa shape index (κ2) is 6.47. The van der Waals surface area contributed by atoms with Crippen molar-refractivity contribution < 1.29 is 0 Å². The average molecular weight is 323 g/mol. The smallest absolute Gasteiger partial charge is 0.206 e. The molecule has 0 aliphatic carbocycles. The van der Waals surface area contributed by atoms with E-state index in [1.165, 1.54) is 6.42 Å². The first-order valence-corrected chi connectivity index (χ1v) is 8.81. The molecule has 0 radical (unpaired) electrons. The lowest BCUT2D eigenvalue weighted by molar-refractivity contribution is 0.830. The van der Waals surface area contributed by atoms with Crippen LogP contribution in [0.5, 0.6) is 0 Å². The van der Waals surface area contributed by atoms with Gasteiger partial charge in [-0.25, -0.2) is 9.97 Å². The second-order valence-corrected chi connectivity index (χ2v) is 7.18. The van der Waals surface area contributed by atoms with Crippen LogP contribution in [0.3, 0.4) is 0 Å². The lowest BCUT2D eigenvalue weighted by Gasteiger charge is -1.98. The van der Waals surface area contributed by atoms with E-state index in [9.17, 15) is 0 Å². The number of anilines is 1. The van der Waals surface area contributed by atoms with Gasteiger partial charge >= 0.3 is 0 Å². The van der Waals surface area contributed by atoms with Gasteiger partial charge < -0.3 is 5.32 Å². The van der Waals surface area contributed by atoms with Gasteiger partial charge in [0.2, 0.25) is 5.13 Å². The van der Waals surface area contributed by atoms with E-state index in [2.05, 4.69) is 32.4 Å². The summed E-state index contributed by atoms with van der Waals surface area (Å²) in [6.45, 7) is 3.11. The molecule has 3 heterocycles. The largest absolute Gasteiger partial charge is 0.360 e. The van der Waals surface area contributed by atoms with Crippen molar-refractivity contribution in [3.63, 3.8) is 0 Å². The summed E-state index contributed by atoms with van der Waals surface area (Å²) in [6.07, 6.45) is 3.91. The van der Waals surface area contributed by atoms with Crippen molar-refractivity contribution >= 4 is 49.8 Å². The summed E-state index contributed by atoms with van der Waals surface area (Å²) in [7, 11) is 0. The number of hydrogen-bond acceptors (Lipinski definition) is 8. The maximum absolute atomic E-state index is 4.34. The third-order valence-corrected chi connectivity index (χ3v) is 5.39. The lowest BCUT2D eigenvalue weighted by atomic mass is 10.3. The van der Waals surface area contributed by atoms with Crippen molar-refractivity contribution in [2.24, 2.45) is 0 Å². The zero-order chi connectivity index (χ0) is 13.8. The summed E-state index contributed by atoms with van der Waals surface area (Å²) in [6, 6.07) is 2.05. The van der Waals surface area contributed by atoms with Crippen molar-refractivity contribution in [1.82, 2.24) is 20.2 Å². The van der Waals surface area contributed by atoms with Gasteiger partial charge in [-0.3, -0.25) is 0 Å². The molecule has 0 spiro atoms. The van der Waals surface area contributed by atoms with Crippen LogP contribution in [0.4, 0.5) is 5.13 Å². The Morgan fingerprint density at radius 2 is 2.25 bits per heavy atom. The van der Waals surface area contributed by atoms with Crippen LogP contribution in [-0.4, -0.2) is 26.7 Å². The van der Waals surface area contributed by atoms with Gasteiger partial charge in [-0.15, -0.1) is 21.5 Å². The molecule has 0 atom stereocenters. The van der Waals surface area contributed by atoms with Crippen molar-refractivity contribution in [1.29, 1.82) is 0 Å². The molecule has 20 heavy (non-hydrogen) atoms. The molecule has 5 nitrogen and oxygen atoms in total. The van der Waals surface area contributed by atoms with Gasteiger partial charge in [0.25, 0.3) is 0 Å². The molecule has 3 aromatic heterocycles. The number of rotatable bonds is 6. The first-order valence-electron chi connectivity index (χ1n) is 6.30. The minimum Gasteiger partial charge on any atom is -0.360 e. The predicted octanol–water partition coefficient (Wildman–Crippen LogP) is 3.91. The highest BCUT2D eigenvalue weighted by atomic mass is 32.2. The van der Waals surface area contributed by atoms with Crippen LogP contribution in [0.15, 0.2) is 27.1 Å². The van der Waals surface area contributed by atoms with Crippen LogP contribution in [0.1, 0.15) is 19.8 Å². The zero-order valence-electron chi connectivity index (χ0n) is 10.9. The van der Waals surface area contributed by atoms with Gasteiger partial charge in [-0.2, -0.15) is 0 Å². The molecule has 3 aromatic rings. The third-order valence-electron chi connectivity index (χ3n) is 2.62. The van der Waals surface area contributed by atoms with Crippen LogP contribution in [-0.2, 0) is 0 Å². The van der Waals surface area contributed by atoms with E-state index >= 15 is 0 Å². The first-order chi connectivity index (χ1) is 9.86. The quantitative estimate of drug-likeness (QED) is 0.548. The summed E-state index contributed by atoms with van der Waals surface area (Å²) in [5, 5.41) is 16.5. The number of nitrogens with zero attached hydrogens (tertiary/aromatic N) is 4. The summed E-state index contributed by atoms with van der Waals surface area (Å²) in [4.78, 5) is 9.59. The molecular formula is C12H13N5S3. The monoisotopic (exact) mass is 323 g/mol. The van der Waals surface area contributed by atoms with Gasteiger partial charge in [0.15, 0.2) is 4.34 Å². The van der Waals surface area contributed by atoms with Gasteiger partial charge in [0, 0.05) is 11.9 Å². The first kappa shape index (κ1) is 13.7. The maximum Gasteiger partial charge on any atom is 0.206 e. The van der Waals surface area contributed by atoms with Crippen molar-refractivity contribution in [2.75, 3.05) is 11.9 Å². The van der Waals surface area contributed by atoms with Gasteiger partial charge in [-0.05, 0) is 29.6 Å². The van der Waals surface area contributed by atoms with E-state index in [0.717, 1.165) is 37.7 Å². The highest BCUT2D eigenvalue weighted by Gasteiger charge is 2.10. The van der Waals surface area contributed by atoms with Gasteiger partial charge in [0.1, 0.15) is 16.2 Å². The molecule has 3 rings (SSSR count). The molecule has 0 unspecified atom stereocenters. The van der Waals surface area contributed by atoms with Crippen LogP contribution in [0.2, 0.25) is 0 Å². The molecule has 0 bridgehead atoms. The standard InChI is InChI=1S/C12H13N5S3/c1-2-3-5-13-11-16-17-12(20-11)19-10-8-4-6-18-9(8)14-7-15-10/h4,6-7H,2-3,5H2,1H3,(H,13,16). The van der Waals surface area contributed by atoms with Crippen LogP contribution >= 0.6 is 34.4 Å². The molecular weight excluding hydrogens is 310 g/mol. The minimum atomic E-state index is 0.872. The summed E-state index contributed by atoms with van der Waals surface area (Å²) in [5.41, 5.74) is 0. The maximum atomic E-state index is 4.34. The molecule has 0 aliphatic heterocycles. The molecule has 104 valence electrons. The predicted molar refractivity (Wildman–Crippen MR) is 84.8 cm³/mol. The molecule has 0 amide bonds. The average Bonchev–Trinajstić information content (AvgIpc) is 3.09. The SMILES string of the molecule is CCCCNc1nnc(Sc2ncnc3sccc23)s1. The fourth-order valence-corrected chi connectivity index (χ4v) is 4.19. The fraction of sp³-hybridized carbons (Fsp3) is 0.333.